The quantitative estimate of drug-likeness (QED) is 0.0364. The monoisotopic (exact) mass is 1770 g/mol. The number of nitrogens with one attached hydrogen (secondary N) is 1. The van der Waals surface area contributed by atoms with Crippen molar-refractivity contribution in [1.29, 1.82) is 0 Å². The molecule has 10 nitrogen and oxygen atoms in total. The molecule has 1 aromatic heterocycles. The Labute approximate surface area is 801 Å². The lowest BCUT2D eigenvalue weighted by Gasteiger charge is -2.26. The van der Waals surface area contributed by atoms with Crippen molar-refractivity contribution in [1.82, 2.24) is 4.57 Å². The van der Waals surface area contributed by atoms with Gasteiger partial charge in [-0.15, -0.1) is 0 Å². The van der Waals surface area contributed by atoms with Gasteiger partial charge in [0.15, 0.2) is 0 Å². The zero-order valence-electron chi connectivity index (χ0n) is 76.7. The largest absolute Gasteiger partial charge is 0.423 e. The van der Waals surface area contributed by atoms with Gasteiger partial charge >= 0.3 is 5.97 Å². The summed E-state index contributed by atoms with van der Waals surface area (Å²) in [6.07, 6.45) is 5.61. The normalized spacial score (nSPS) is 10.4. The molecular weight excluding hydrogens is 1660 g/mol. The molecule has 18 aromatic carbocycles. The summed E-state index contributed by atoms with van der Waals surface area (Å²) in [6.45, 7) is 28.5. The summed E-state index contributed by atoms with van der Waals surface area (Å²) in [4.78, 5) is 34.6. The Kier molecular flexibility index (Phi) is 32.2. The molecule has 0 bridgehead atoms. The molecule has 0 saturated heterocycles. The van der Waals surface area contributed by atoms with Crippen LogP contribution < -0.4 is 34.6 Å². The summed E-state index contributed by atoms with van der Waals surface area (Å²) in [6, 6.07) is 163. The number of amides is 1. The van der Waals surface area contributed by atoms with Crippen molar-refractivity contribution in [2.24, 2.45) is 0 Å². The van der Waals surface area contributed by atoms with Gasteiger partial charge in [-0.25, -0.2) is 4.79 Å². The fourth-order valence-corrected chi connectivity index (χ4v) is 15.7. The summed E-state index contributed by atoms with van der Waals surface area (Å²) in [5.41, 5.74) is 31.2. The van der Waals surface area contributed by atoms with Gasteiger partial charge in [-0.3, -0.25) is 4.79 Å². The molecule has 0 aliphatic heterocycles. The van der Waals surface area contributed by atoms with Crippen LogP contribution in [0.4, 0.5) is 91.0 Å². The maximum absolute atomic E-state index is 11.8. The zero-order chi connectivity index (χ0) is 93.8. The first kappa shape index (κ1) is 94.5. The van der Waals surface area contributed by atoms with E-state index in [9.17, 15) is 9.59 Å². The van der Waals surface area contributed by atoms with Crippen molar-refractivity contribution in [3.05, 3.63) is 545 Å². The molecule has 19 aromatic rings. The maximum Gasteiger partial charge on any atom is 0.338 e. The van der Waals surface area contributed by atoms with Crippen molar-refractivity contribution in [2.45, 2.75) is 42.0 Å². The van der Waals surface area contributed by atoms with Gasteiger partial charge in [0.1, 0.15) is 5.75 Å². The molecule has 668 valence electrons. The van der Waals surface area contributed by atoms with E-state index in [1.165, 1.54) is 60.8 Å². The van der Waals surface area contributed by atoms with Crippen LogP contribution in [0.5, 0.6) is 5.75 Å². The fourth-order valence-electron chi connectivity index (χ4n) is 15.7. The van der Waals surface area contributed by atoms with Crippen LogP contribution in [0.25, 0.3) is 62.4 Å². The van der Waals surface area contributed by atoms with E-state index in [-0.39, 0.29) is 13.3 Å². The van der Waals surface area contributed by atoms with Crippen LogP contribution in [0.15, 0.2) is 517 Å². The number of anilines is 16. The number of para-hydroxylation sites is 8. The summed E-state index contributed by atoms with van der Waals surface area (Å²) in [5, 5.41) is 5.40. The maximum atomic E-state index is 11.8. The fraction of sp³-hybridized carbons (Fsp3) is 0.0476. The molecule has 1 N–H and O–H groups in total. The molecule has 19 rings (SSSR count). The summed E-state index contributed by atoms with van der Waals surface area (Å²) < 4.78 is 7.39. The second-order valence-corrected chi connectivity index (χ2v) is 32.5. The van der Waals surface area contributed by atoms with E-state index in [1.54, 1.807) is 26.0 Å². The first-order valence-electron chi connectivity index (χ1n) is 45.0. The second kappa shape index (κ2) is 46.3. The van der Waals surface area contributed by atoms with Crippen LogP contribution in [-0.2, 0) is 9.59 Å². The van der Waals surface area contributed by atoms with E-state index in [0.29, 0.717) is 16.9 Å². The molecule has 0 radical (unpaired) electrons. The highest BCUT2D eigenvalue weighted by Crippen LogP contribution is 2.43. The molecule has 1 heterocycles. The molecule has 0 unspecified atom stereocenters. The van der Waals surface area contributed by atoms with Crippen LogP contribution in [0.2, 0.25) is 0 Å². The highest BCUT2D eigenvalue weighted by molar-refractivity contribution is 6.09. The van der Waals surface area contributed by atoms with Gasteiger partial charge in [-0.05, 0) is 286 Å². The van der Waals surface area contributed by atoms with Crippen LogP contribution >= 0.6 is 0 Å². The van der Waals surface area contributed by atoms with E-state index in [4.69, 9.17) is 4.74 Å². The van der Waals surface area contributed by atoms with Gasteiger partial charge in [0.25, 0.3) is 5.91 Å². The number of ether oxygens (including phenoxy) is 1. The lowest BCUT2D eigenvalue weighted by Crippen LogP contribution is -2.12. The lowest BCUT2D eigenvalue weighted by molar-refractivity contribution is -0.130. The van der Waals surface area contributed by atoms with E-state index in [2.05, 4.69) is 428 Å². The van der Waals surface area contributed by atoms with Gasteiger partial charge in [0, 0.05) is 119 Å². The average Bonchev–Trinajstić information content (AvgIpc) is 1.61. The predicted octanol–water partition coefficient (Wildman–Crippen LogP) is 35.2. The van der Waals surface area contributed by atoms with E-state index >= 15 is 0 Å². The Hall–Kier alpha value is -17.6. The highest BCUT2D eigenvalue weighted by Gasteiger charge is 2.20. The third-order valence-corrected chi connectivity index (χ3v) is 22.8. The molecule has 136 heavy (non-hydrogen) atoms. The van der Waals surface area contributed by atoms with Crippen LogP contribution in [0, 0.1) is 20.8 Å². The molecule has 0 saturated carbocycles. The van der Waals surface area contributed by atoms with Crippen LogP contribution in [0.3, 0.4) is 0 Å². The number of esters is 1. The van der Waals surface area contributed by atoms with Crippen molar-refractivity contribution in [3.8, 4) is 28.0 Å². The Morgan fingerprint density at radius 2 is 0.478 bits per heavy atom. The molecule has 0 fully saturated rings. The van der Waals surface area contributed by atoms with Gasteiger partial charge in [-0.2, -0.15) is 0 Å². The minimum absolute atomic E-state index is 0. The first-order valence-corrected chi connectivity index (χ1v) is 45.0. The topological polar surface area (TPSA) is 76.5 Å². The van der Waals surface area contributed by atoms with Gasteiger partial charge in [0.2, 0.25) is 0 Å². The molecule has 0 aliphatic carbocycles. The molecular formula is C126H111N7O3. The Balaban J connectivity index is 0.000000141. The first-order chi connectivity index (χ1) is 66.0. The number of nitrogens with zero attached hydrogens (tertiary/aromatic N) is 6. The molecule has 0 spiro atoms. The van der Waals surface area contributed by atoms with Crippen LogP contribution in [0.1, 0.15) is 49.1 Å². The summed E-state index contributed by atoms with van der Waals surface area (Å²) >= 11 is 0. The van der Waals surface area contributed by atoms with E-state index < -0.39 is 5.97 Å². The standard InChI is InChI=1S/C41H36N2.C26H21N.C22H20N2O.C22H19NO2.C14H11N.CH4/c1-5-33-12-24-39(25-13-33)43(38-22-10-32(4)11-23-38)41-28-16-35(17-29-41)34-14-26-40(27-15-34)42(36-18-6-30(2)7-19-36)37-20-8-31(3)9-21-37;1-2-21-13-15-22(16-14-21)23-17-19-26(20-18-23)27(24-9-5-3-6-10-24)25-11-7-4-8-12-25;1-17(2)22(25)23-18-13-15-21(16-14-18)24(19-9-5-3-6-10-19)20-11-7-4-8-12-20;1-17(2)22(24)25-21-15-13-20(14-16-21)23(18-9-5-3-6-10-18)19-11-7-4-8-12-19;1-2-15-13-9-5-3-7-11(13)12-8-4-6-10-14(12)15;/h5-29H,1H2,2-4H3;2-20H,1H2;3-16H,1H2,2H3,(H,23,25);3-16H,1H2,2H3;2-10H,1H2;1H4. The van der Waals surface area contributed by atoms with Crippen molar-refractivity contribution in [2.75, 3.05) is 29.8 Å². The number of carbonyl (C=O) groups excluding carboxylic acids is 2. The average molecular weight is 1770 g/mol. The smallest absolute Gasteiger partial charge is 0.338 e. The Morgan fingerprint density at radius 1 is 0.265 bits per heavy atom. The van der Waals surface area contributed by atoms with Crippen molar-refractivity contribution in [3.63, 3.8) is 0 Å². The number of hydrogen-bond donors (Lipinski definition) is 1. The molecule has 0 aliphatic rings. The number of carbonyl (C=O) groups is 2. The van der Waals surface area contributed by atoms with E-state index in [1.807, 2.05) is 140 Å². The summed E-state index contributed by atoms with van der Waals surface area (Å²) in [5.74, 6) is -0.0933. The number of hydrogen-bond acceptors (Lipinski definition) is 8. The van der Waals surface area contributed by atoms with Crippen molar-refractivity contribution < 1.29 is 14.3 Å². The van der Waals surface area contributed by atoms with Crippen molar-refractivity contribution >= 4 is 143 Å². The zero-order valence-corrected chi connectivity index (χ0v) is 76.7. The second-order valence-electron chi connectivity index (χ2n) is 32.5. The lowest BCUT2D eigenvalue weighted by atomic mass is 10.0. The molecule has 1 amide bonds. The Bertz CT molecular complexity index is 6760. The SMILES string of the molecule is C.C=C(C)C(=O)Nc1ccc(N(c2ccccc2)c2ccccc2)cc1.C=C(C)C(=O)Oc1ccc(N(c2ccccc2)c2ccccc2)cc1.C=Cc1ccc(-c2ccc(N(c3ccccc3)c3ccccc3)cc2)cc1.C=Cc1ccc(N(c2ccc(C)cc2)c2ccc(-c3ccc(N(c4ccc(C)cc4)c4ccc(C)cc4)cc3)cc2)cc1.C=Cn1c2ccccc2c2ccccc21. The third kappa shape index (κ3) is 24.0. The number of aryl methyl sites for hydroxylation is 3. The predicted molar refractivity (Wildman–Crippen MR) is 581 cm³/mol. The summed E-state index contributed by atoms with van der Waals surface area (Å²) in [7, 11) is 0. The molecule has 0 atom stereocenters. The highest BCUT2D eigenvalue weighted by atomic mass is 16.5. The van der Waals surface area contributed by atoms with E-state index in [0.717, 1.165) is 102 Å². The number of fused-ring (bicyclic) bond motifs is 3. The van der Waals surface area contributed by atoms with Gasteiger partial charge < -0.3 is 39.1 Å². The number of benzene rings is 18. The minimum Gasteiger partial charge on any atom is -0.423 e. The number of rotatable bonds is 24. The van der Waals surface area contributed by atoms with Gasteiger partial charge in [-0.1, -0.05) is 324 Å². The Morgan fingerprint density at radius 3 is 0.728 bits per heavy atom. The third-order valence-electron chi connectivity index (χ3n) is 22.8. The van der Waals surface area contributed by atoms with Gasteiger partial charge in [0.05, 0.1) is 11.0 Å². The molecule has 10 heteroatoms. The number of aromatic nitrogens is 1. The minimum atomic E-state index is -0.421. The van der Waals surface area contributed by atoms with Crippen LogP contribution in [-0.4, -0.2) is 16.4 Å².